The lowest BCUT2D eigenvalue weighted by atomic mass is 9.89. The number of hydrogen-bond donors (Lipinski definition) is 2. The second-order valence-corrected chi connectivity index (χ2v) is 5.31. The van der Waals surface area contributed by atoms with Gasteiger partial charge in [-0.3, -0.25) is 4.79 Å². The zero-order valence-electron chi connectivity index (χ0n) is 11.8. The molecule has 0 aromatic carbocycles. The van der Waals surface area contributed by atoms with Gasteiger partial charge in [-0.05, 0) is 31.9 Å². The maximum absolute atomic E-state index is 12.0. The quantitative estimate of drug-likeness (QED) is 0.797. The zero-order chi connectivity index (χ0) is 13.8. The summed E-state index contributed by atoms with van der Waals surface area (Å²) in [5.74, 6) is 0.457. The molecule has 1 aromatic rings. The van der Waals surface area contributed by atoms with E-state index in [2.05, 4.69) is 29.5 Å². The molecule has 0 saturated carbocycles. The average molecular weight is 262 g/mol. The van der Waals surface area contributed by atoms with Crippen LogP contribution < -0.4 is 10.6 Å². The fourth-order valence-electron chi connectivity index (χ4n) is 2.51. The van der Waals surface area contributed by atoms with Crippen LogP contribution in [0.5, 0.6) is 0 Å². The summed E-state index contributed by atoms with van der Waals surface area (Å²) in [6.07, 6.45) is 7.91. The summed E-state index contributed by atoms with van der Waals surface area (Å²) in [6.45, 7) is 5.33. The summed E-state index contributed by atoms with van der Waals surface area (Å²) in [7, 11) is 1.90. The van der Waals surface area contributed by atoms with Crippen molar-refractivity contribution in [1.29, 1.82) is 0 Å². The van der Waals surface area contributed by atoms with Crippen LogP contribution in [0.3, 0.4) is 0 Å². The van der Waals surface area contributed by atoms with Gasteiger partial charge < -0.3 is 15.2 Å². The first kappa shape index (κ1) is 13.8. The van der Waals surface area contributed by atoms with Crippen molar-refractivity contribution >= 4 is 12.0 Å². The summed E-state index contributed by atoms with van der Waals surface area (Å²) in [5.41, 5.74) is 0.915. The first-order chi connectivity index (χ1) is 9.08. The van der Waals surface area contributed by atoms with Gasteiger partial charge in [0.25, 0.3) is 0 Å². The molecule has 1 aliphatic heterocycles. The Morgan fingerprint density at radius 1 is 1.58 bits per heavy atom. The molecular weight excluding hydrogens is 240 g/mol. The highest BCUT2D eigenvalue weighted by molar-refractivity contribution is 5.91. The van der Waals surface area contributed by atoms with Crippen molar-refractivity contribution in [3.05, 3.63) is 24.3 Å². The Kier molecular flexibility index (Phi) is 4.37. The molecule has 2 N–H and O–H groups in total. The van der Waals surface area contributed by atoms with E-state index in [0.29, 0.717) is 12.0 Å². The monoisotopic (exact) mass is 262 g/mol. The number of amides is 1. The van der Waals surface area contributed by atoms with Crippen molar-refractivity contribution in [2.24, 2.45) is 13.0 Å². The Hall–Kier alpha value is -1.62. The minimum absolute atomic E-state index is 0.0476. The molecule has 5 heteroatoms. The highest BCUT2D eigenvalue weighted by Crippen LogP contribution is 2.16. The predicted molar refractivity (Wildman–Crippen MR) is 75.4 cm³/mol. The highest BCUT2D eigenvalue weighted by atomic mass is 16.1. The molecule has 0 radical (unpaired) electrons. The molecular formula is C14H22N4O. The Morgan fingerprint density at radius 3 is 3.00 bits per heavy atom. The van der Waals surface area contributed by atoms with Gasteiger partial charge in [-0.15, -0.1) is 0 Å². The van der Waals surface area contributed by atoms with Gasteiger partial charge in [0.1, 0.15) is 0 Å². The Labute approximate surface area is 114 Å². The molecule has 1 aliphatic rings. The second-order valence-electron chi connectivity index (χ2n) is 5.31. The van der Waals surface area contributed by atoms with Gasteiger partial charge in [0.2, 0.25) is 5.91 Å². The summed E-state index contributed by atoms with van der Waals surface area (Å²) < 4.78 is 1.87. The number of nitrogens with zero attached hydrogens (tertiary/aromatic N) is 2. The van der Waals surface area contributed by atoms with Crippen LogP contribution in [0.15, 0.2) is 18.6 Å². The van der Waals surface area contributed by atoms with Crippen molar-refractivity contribution < 1.29 is 4.79 Å². The molecule has 1 saturated heterocycles. The Balaban J connectivity index is 1.94. The van der Waals surface area contributed by atoms with E-state index in [4.69, 9.17) is 0 Å². The van der Waals surface area contributed by atoms with Gasteiger partial charge in [0.05, 0.1) is 18.2 Å². The number of aryl methyl sites for hydroxylation is 1. The maximum Gasteiger partial charge on any atom is 0.244 e. The topological polar surface area (TPSA) is 58.9 Å². The summed E-state index contributed by atoms with van der Waals surface area (Å²) in [6, 6.07) is 0.509. The minimum Gasteiger partial charge on any atom is -0.348 e. The Morgan fingerprint density at radius 2 is 2.37 bits per heavy atom. The van der Waals surface area contributed by atoms with E-state index in [-0.39, 0.29) is 11.9 Å². The van der Waals surface area contributed by atoms with E-state index < -0.39 is 0 Å². The van der Waals surface area contributed by atoms with Gasteiger partial charge in [-0.1, -0.05) is 6.92 Å². The first-order valence-corrected chi connectivity index (χ1v) is 6.76. The number of hydrogen-bond acceptors (Lipinski definition) is 3. The number of rotatable bonds is 3. The lowest BCUT2D eigenvalue weighted by molar-refractivity contribution is -0.117. The largest absolute Gasteiger partial charge is 0.348 e. The molecule has 0 bridgehead atoms. The van der Waals surface area contributed by atoms with Crippen LogP contribution >= 0.6 is 0 Å². The number of aromatic nitrogens is 2. The lowest BCUT2D eigenvalue weighted by Gasteiger charge is -2.35. The van der Waals surface area contributed by atoms with E-state index in [1.165, 1.54) is 0 Å². The van der Waals surface area contributed by atoms with E-state index in [0.717, 1.165) is 18.7 Å². The van der Waals surface area contributed by atoms with Gasteiger partial charge in [-0.25, -0.2) is 4.98 Å². The number of nitrogens with one attached hydrogen (secondary N) is 2. The molecule has 19 heavy (non-hydrogen) atoms. The fraction of sp³-hybridized carbons (Fsp3) is 0.571. The number of imidazole rings is 1. The molecule has 2 heterocycles. The van der Waals surface area contributed by atoms with Crippen molar-refractivity contribution in [1.82, 2.24) is 20.2 Å². The highest BCUT2D eigenvalue weighted by Gasteiger charge is 2.27. The Bertz CT molecular complexity index is 456. The third kappa shape index (κ3) is 3.44. The van der Waals surface area contributed by atoms with E-state index in [9.17, 15) is 4.79 Å². The van der Waals surface area contributed by atoms with Crippen LogP contribution in [0, 0.1) is 5.92 Å². The van der Waals surface area contributed by atoms with Crippen molar-refractivity contribution in [3.63, 3.8) is 0 Å². The van der Waals surface area contributed by atoms with Crippen molar-refractivity contribution in [3.8, 4) is 0 Å². The number of carbonyl (C=O) groups is 1. The predicted octanol–water partition coefficient (Wildman–Crippen LogP) is 0.936. The van der Waals surface area contributed by atoms with Gasteiger partial charge >= 0.3 is 0 Å². The lowest BCUT2D eigenvalue weighted by Crippen LogP contribution is -2.55. The van der Waals surface area contributed by atoms with Crippen LogP contribution in [0.25, 0.3) is 6.08 Å². The molecule has 3 unspecified atom stereocenters. The van der Waals surface area contributed by atoms with Crippen LogP contribution in [0.1, 0.15) is 26.0 Å². The minimum atomic E-state index is -0.0476. The second kappa shape index (κ2) is 6.02. The zero-order valence-corrected chi connectivity index (χ0v) is 11.8. The van der Waals surface area contributed by atoms with Crippen molar-refractivity contribution in [2.45, 2.75) is 32.4 Å². The third-order valence-electron chi connectivity index (χ3n) is 3.79. The molecule has 0 spiro atoms. The van der Waals surface area contributed by atoms with Crippen molar-refractivity contribution in [2.75, 3.05) is 6.54 Å². The summed E-state index contributed by atoms with van der Waals surface area (Å²) >= 11 is 0. The number of carbonyl (C=O) groups excluding carboxylic acids is 1. The number of piperidine rings is 1. The molecule has 1 aromatic heterocycles. The molecule has 2 rings (SSSR count). The molecule has 104 valence electrons. The van der Waals surface area contributed by atoms with Gasteiger partial charge in [-0.2, -0.15) is 0 Å². The van der Waals surface area contributed by atoms with Crippen LogP contribution in [0.2, 0.25) is 0 Å². The molecule has 0 aliphatic carbocycles. The summed E-state index contributed by atoms with van der Waals surface area (Å²) in [4.78, 5) is 16.0. The normalized spacial score (nSPS) is 27.6. The van der Waals surface area contributed by atoms with Crippen LogP contribution in [-0.4, -0.2) is 34.1 Å². The van der Waals surface area contributed by atoms with Crippen LogP contribution in [-0.2, 0) is 11.8 Å². The molecule has 1 amide bonds. The van der Waals surface area contributed by atoms with Gasteiger partial charge in [0, 0.05) is 25.2 Å². The fourth-order valence-corrected chi connectivity index (χ4v) is 2.51. The SMILES string of the molecule is CC1CCNC(C)C1NC(=O)/C=C/c1cncn1C. The average Bonchev–Trinajstić information content (AvgIpc) is 2.77. The molecule has 1 fully saturated rings. The third-order valence-corrected chi connectivity index (χ3v) is 3.79. The van der Waals surface area contributed by atoms with E-state index in [1.54, 1.807) is 24.7 Å². The van der Waals surface area contributed by atoms with Gasteiger partial charge in [0.15, 0.2) is 0 Å². The molecule has 5 nitrogen and oxygen atoms in total. The van der Waals surface area contributed by atoms with E-state index >= 15 is 0 Å². The first-order valence-electron chi connectivity index (χ1n) is 6.76. The van der Waals surface area contributed by atoms with Crippen LogP contribution in [0.4, 0.5) is 0 Å². The maximum atomic E-state index is 12.0. The van der Waals surface area contributed by atoms with E-state index in [1.807, 2.05) is 11.6 Å². The standard InChI is InChI=1S/C14H22N4O/c1-10-6-7-16-11(2)14(10)17-13(19)5-4-12-8-15-9-18(12)3/h4-5,8-11,14,16H,6-7H2,1-3H3,(H,17,19)/b5-4+. The smallest absolute Gasteiger partial charge is 0.244 e. The molecule has 3 atom stereocenters. The summed E-state index contributed by atoms with van der Waals surface area (Å²) in [5, 5.41) is 6.48.